The summed E-state index contributed by atoms with van der Waals surface area (Å²) in [4.78, 5) is 24.3. The number of methoxy groups -OCH3 is 1. The maximum atomic E-state index is 13.0. The summed E-state index contributed by atoms with van der Waals surface area (Å²) in [6.07, 6.45) is -4.94. The molecule has 0 radical (unpaired) electrons. The van der Waals surface area contributed by atoms with Crippen LogP contribution < -0.4 is 4.74 Å². The van der Waals surface area contributed by atoms with Crippen LogP contribution in [0.2, 0.25) is 5.02 Å². The van der Waals surface area contributed by atoms with Crippen molar-refractivity contribution in [3.63, 3.8) is 0 Å². The number of carbonyl (C=O) groups is 2. The highest BCUT2D eigenvalue weighted by Crippen LogP contribution is 2.38. The van der Waals surface area contributed by atoms with Gasteiger partial charge in [-0.2, -0.15) is 13.2 Å². The molecular formula is C15H15ClF3NO4. The van der Waals surface area contributed by atoms with E-state index in [2.05, 4.69) is 0 Å². The van der Waals surface area contributed by atoms with E-state index in [9.17, 15) is 22.8 Å². The first kappa shape index (κ1) is 18.4. The van der Waals surface area contributed by atoms with Crippen LogP contribution in [0.25, 0.3) is 0 Å². The van der Waals surface area contributed by atoms with Gasteiger partial charge in [-0.1, -0.05) is 17.7 Å². The minimum atomic E-state index is -4.68. The standard InChI is InChI=1S/C15H15ClF3NO4/c1-24-12-4-2-3-11(16)8(12)5-13(21)20-6-9(14(22)23)10(7-20)15(17,18)19/h2-4,9-10H,5-7H2,1H3,(H,22,23)/t9-,10-/m1/s1. The highest BCUT2D eigenvalue weighted by Gasteiger charge is 2.53. The van der Waals surface area contributed by atoms with E-state index in [4.69, 9.17) is 21.4 Å². The molecule has 1 aliphatic rings. The number of carboxylic acids is 1. The van der Waals surface area contributed by atoms with Gasteiger partial charge in [0.25, 0.3) is 0 Å². The second-order valence-electron chi connectivity index (χ2n) is 5.49. The van der Waals surface area contributed by atoms with Crippen molar-refractivity contribution in [3.8, 4) is 5.75 Å². The van der Waals surface area contributed by atoms with Crippen molar-refractivity contribution >= 4 is 23.5 Å². The molecule has 1 aliphatic heterocycles. The van der Waals surface area contributed by atoms with Crippen LogP contribution in [-0.4, -0.2) is 48.3 Å². The zero-order valence-corrected chi connectivity index (χ0v) is 13.4. The summed E-state index contributed by atoms with van der Waals surface area (Å²) < 4.78 is 44.0. The largest absolute Gasteiger partial charge is 0.496 e. The Morgan fingerprint density at radius 2 is 2.04 bits per heavy atom. The van der Waals surface area contributed by atoms with Gasteiger partial charge in [0, 0.05) is 23.7 Å². The monoisotopic (exact) mass is 365 g/mol. The highest BCUT2D eigenvalue weighted by atomic mass is 35.5. The summed E-state index contributed by atoms with van der Waals surface area (Å²) in [6, 6.07) is 4.73. The Morgan fingerprint density at radius 3 is 2.54 bits per heavy atom. The predicted molar refractivity (Wildman–Crippen MR) is 79.0 cm³/mol. The van der Waals surface area contributed by atoms with Crippen molar-refractivity contribution in [2.24, 2.45) is 11.8 Å². The first-order valence-corrected chi connectivity index (χ1v) is 7.41. The number of likely N-dealkylation sites (tertiary alicyclic amines) is 1. The molecule has 132 valence electrons. The van der Waals surface area contributed by atoms with Gasteiger partial charge in [0.1, 0.15) is 5.75 Å². The third kappa shape index (κ3) is 3.75. The molecule has 1 amide bonds. The highest BCUT2D eigenvalue weighted by molar-refractivity contribution is 6.31. The smallest absolute Gasteiger partial charge is 0.394 e. The molecule has 1 fully saturated rings. The Bertz CT molecular complexity index is 650. The summed E-state index contributed by atoms with van der Waals surface area (Å²) in [5, 5.41) is 9.24. The van der Waals surface area contributed by atoms with Crippen molar-refractivity contribution in [2.75, 3.05) is 20.2 Å². The molecule has 24 heavy (non-hydrogen) atoms. The Morgan fingerprint density at radius 1 is 1.38 bits per heavy atom. The number of rotatable bonds is 4. The van der Waals surface area contributed by atoms with E-state index in [1.807, 2.05) is 0 Å². The lowest BCUT2D eigenvalue weighted by Crippen LogP contribution is -2.34. The average molecular weight is 366 g/mol. The first-order chi connectivity index (χ1) is 11.1. The lowest BCUT2D eigenvalue weighted by Gasteiger charge is -2.19. The molecule has 1 aromatic rings. The first-order valence-electron chi connectivity index (χ1n) is 7.03. The fourth-order valence-corrected chi connectivity index (χ4v) is 2.99. The van der Waals surface area contributed by atoms with Crippen LogP contribution in [0.15, 0.2) is 18.2 Å². The Hall–Kier alpha value is -1.96. The fraction of sp³-hybridized carbons (Fsp3) is 0.467. The quantitative estimate of drug-likeness (QED) is 0.890. The number of carbonyl (C=O) groups excluding carboxylic acids is 1. The van der Waals surface area contributed by atoms with Crippen molar-refractivity contribution < 1.29 is 32.6 Å². The molecule has 1 N–H and O–H groups in total. The Balaban J connectivity index is 2.18. The second-order valence-corrected chi connectivity index (χ2v) is 5.90. The van der Waals surface area contributed by atoms with Crippen molar-refractivity contribution in [1.82, 2.24) is 4.90 Å². The fourth-order valence-electron chi connectivity index (χ4n) is 2.75. The van der Waals surface area contributed by atoms with Crippen LogP contribution in [0.3, 0.4) is 0 Å². The number of carboxylic acid groups (broad SMARTS) is 1. The van der Waals surface area contributed by atoms with Gasteiger partial charge < -0.3 is 14.7 Å². The van der Waals surface area contributed by atoms with Gasteiger partial charge in [0.05, 0.1) is 25.4 Å². The summed E-state index contributed by atoms with van der Waals surface area (Å²) in [5.41, 5.74) is 0.356. The van der Waals surface area contributed by atoms with Gasteiger partial charge in [0.2, 0.25) is 5.91 Å². The molecule has 0 unspecified atom stereocenters. The Kier molecular flexibility index (Phi) is 5.27. The number of halogens is 4. The summed E-state index contributed by atoms with van der Waals surface area (Å²) >= 11 is 6.01. The molecule has 1 aromatic carbocycles. The lowest BCUT2D eigenvalue weighted by atomic mass is 9.96. The van der Waals surface area contributed by atoms with Gasteiger partial charge in [0.15, 0.2) is 0 Å². The van der Waals surface area contributed by atoms with E-state index < -0.39 is 43.0 Å². The number of alkyl halides is 3. The molecule has 5 nitrogen and oxygen atoms in total. The van der Waals surface area contributed by atoms with Crippen molar-refractivity contribution in [1.29, 1.82) is 0 Å². The minimum absolute atomic E-state index is 0.254. The van der Waals surface area contributed by atoms with E-state index in [0.717, 1.165) is 4.90 Å². The summed E-state index contributed by atoms with van der Waals surface area (Å²) in [7, 11) is 1.38. The molecule has 0 aromatic heterocycles. The van der Waals surface area contributed by atoms with Crippen LogP contribution in [-0.2, 0) is 16.0 Å². The molecule has 0 spiro atoms. The maximum Gasteiger partial charge on any atom is 0.394 e. The van der Waals surface area contributed by atoms with Crippen LogP contribution >= 0.6 is 11.6 Å². The number of nitrogens with zero attached hydrogens (tertiary/aromatic N) is 1. The van der Waals surface area contributed by atoms with E-state index in [-0.39, 0.29) is 11.4 Å². The molecule has 9 heteroatoms. The van der Waals surface area contributed by atoms with E-state index in [1.54, 1.807) is 12.1 Å². The van der Waals surface area contributed by atoms with E-state index >= 15 is 0 Å². The van der Waals surface area contributed by atoms with Crippen LogP contribution in [0.1, 0.15) is 5.56 Å². The summed E-state index contributed by atoms with van der Waals surface area (Å²) in [5.74, 6) is -5.59. The number of hydrogen-bond acceptors (Lipinski definition) is 3. The zero-order valence-electron chi connectivity index (χ0n) is 12.6. The van der Waals surface area contributed by atoms with Gasteiger partial charge in [-0.3, -0.25) is 9.59 Å². The van der Waals surface area contributed by atoms with Gasteiger partial charge in [-0.05, 0) is 12.1 Å². The van der Waals surface area contributed by atoms with Gasteiger partial charge in [-0.15, -0.1) is 0 Å². The van der Waals surface area contributed by atoms with Gasteiger partial charge >= 0.3 is 12.1 Å². The van der Waals surface area contributed by atoms with Crippen molar-refractivity contribution in [3.05, 3.63) is 28.8 Å². The lowest BCUT2D eigenvalue weighted by molar-refractivity contribution is -0.188. The molecule has 1 heterocycles. The predicted octanol–water partition coefficient (Wildman–Crippen LogP) is 2.61. The SMILES string of the molecule is COc1cccc(Cl)c1CC(=O)N1C[C@@H](C(F)(F)F)[C@H](C(=O)O)C1. The van der Waals surface area contributed by atoms with Crippen LogP contribution in [0, 0.1) is 11.8 Å². The summed E-state index contributed by atoms with van der Waals surface area (Å²) in [6.45, 7) is -1.16. The number of hydrogen-bond donors (Lipinski definition) is 1. The minimum Gasteiger partial charge on any atom is -0.496 e. The third-order valence-electron chi connectivity index (χ3n) is 4.03. The third-order valence-corrected chi connectivity index (χ3v) is 4.39. The molecule has 1 saturated heterocycles. The van der Waals surface area contributed by atoms with Gasteiger partial charge in [-0.25, -0.2) is 0 Å². The molecule has 0 aliphatic carbocycles. The number of benzene rings is 1. The molecular weight excluding hydrogens is 351 g/mol. The number of amides is 1. The molecule has 0 saturated carbocycles. The molecule has 2 rings (SSSR count). The topological polar surface area (TPSA) is 66.8 Å². The van der Waals surface area contributed by atoms with Crippen LogP contribution in [0.4, 0.5) is 13.2 Å². The van der Waals surface area contributed by atoms with E-state index in [1.165, 1.54) is 13.2 Å². The van der Waals surface area contributed by atoms with Crippen LogP contribution in [0.5, 0.6) is 5.75 Å². The maximum absolute atomic E-state index is 13.0. The molecule has 2 atom stereocenters. The molecule has 0 bridgehead atoms. The Labute approximate surface area is 141 Å². The second kappa shape index (κ2) is 6.88. The number of aliphatic carboxylic acids is 1. The zero-order chi connectivity index (χ0) is 18.1. The van der Waals surface area contributed by atoms with Crippen molar-refractivity contribution in [2.45, 2.75) is 12.6 Å². The normalized spacial score (nSPS) is 21.0. The number of ether oxygens (including phenoxy) is 1. The van der Waals surface area contributed by atoms with E-state index in [0.29, 0.717) is 11.3 Å². The average Bonchev–Trinajstić information content (AvgIpc) is 2.95.